The molecule has 3 fully saturated rings. The summed E-state index contributed by atoms with van der Waals surface area (Å²) in [6.45, 7) is 9.28. The molecule has 0 spiro atoms. The minimum absolute atomic E-state index is 0. The number of rotatable bonds is 14. The fourth-order valence-corrected chi connectivity index (χ4v) is 6.82. The van der Waals surface area contributed by atoms with Crippen LogP contribution in [0.3, 0.4) is 0 Å². The number of amides is 2. The summed E-state index contributed by atoms with van der Waals surface area (Å²) in [5.74, 6) is -3.89. The zero-order valence-electron chi connectivity index (χ0n) is 35.6. The Labute approximate surface area is 369 Å². The van der Waals surface area contributed by atoms with Gasteiger partial charge in [0.15, 0.2) is 0 Å². The van der Waals surface area contributed by atoms with Gasteiger partial charge in [-0.25, -0.2) is 9.59 Å². The van der Waals surface area contributed by atoms with E-state index in [1.807, 2.05) is 60.7 Å². The molecule has 3 aliphatic rings. The first kappa shape index (κ1) is 54.9. The van der Waals surface area contributed by atoms with Crippen molar-refractivity contribution in [2.45, 2.75) is 58.7 Å². The predicted molar refractivity (Wildman–Crippen MR) is 220 cm³/mol. The van der Waals surface area contributed by atoms with Crippen LogP contribution in [0.25, 0.3) is 0 Å². The van der Waals surface area contributed by atoms with Gasteiger partial charge in [0, 0.05) is 45.3 Å². The molecule has 20 nitrogen and oxygen atoms in total. The second kappa shape index (κ2) is 27.7. The average Bonchev–Trinajstić information content (AvgIpc) is 3.96. The van der Waals surface area contributed by atoms with E-state index >= 15 is 0 Å². The van der Waals surface area contributed by atoms with Crippen LogP contribution in [0.5, 0.6) is 0 Å². The maximum Gasteiger partial charge on any atom is 1.00 e. The van der Waals surface area contributed by atoms with Gasteiger partial charge in [-0.15, -0.1) is 0 Å². The Kier molecular flexibility index (Phi) is 25.0. The first-order chi connectivity index (χ1) is 28.0. The summed E-state index contributed by atoms with van der Waals surface area (Å²) in [5, 5.41) is 54.8. The molecule has 0 bridgehead atoms. The normalized spacial score (nSPS) is 22.0. The van der Waals surface area contributed by atoms with Gasteiger partial charge in [-0.1, -0.05) is 60.7 Å². The summed E-state index contributed by atoms with van der Waals surface area (Å²) in [6, 6.07) is 17.4. The molecule has 330 valence electrons. The number of likely N-dealkylation sites (N-methyl/N-ethyl adjacent to an activating group) is 1. The molecular weight excluding hydrogens is 792 g/mol. The van der Waals surface area contributed by atoms with E-state index in [0.717, 1.165) is 11.1 Å². The Balaban J connectivity index is 0.000000469. The third kappa shape index (κ3) is 18.0. The van der Waals surface area contributed by atoms with Crippen LogP contribution < -0.4 is 34.8 Å². The van der Waals surface area contributed by atoms with Gasteiger partial charge < -0.3 is 75.4 Å². The van der Waals surface area contributed by atoms with Crippen LogP contribution >= 0.6 is 0 Å². The van der Waals surface area contributed by atoms with Crippen molar-refractivity contribution in [3.05, 3.63) is 71.8 Å². The number of hydrogen-bond donors (Lipinski definition) is 8. The van der Waals surface area contributed by atoms with Crippen molar-refractivity contribution in [3.63, 3.8) is 0 Å². The number of nitrogens with one attached hydrogen (secondary N) is 3. The summed E-state index contributed by atoms with van der Waals surface area (Å²) < 4.78 is 15.3. The molecular formula is C37H58B3LiN6O14. The molecule has 0 unspecified atom stereocenters. The summed E-state index contributed by atoms with van der Waals surface area (Å²) in [6.07, 6.45) is -1.25. The molecule has 2 aromatic carbocycles. The zero-order chi connectivity index (χ0) is 43.6. The first-order valence-corrected chi connectivity index (χ1v) is 19.5. The van der Waals surface area contributed by atoms with Crippen LogP contribution in [-0.4, -0.2) is 167 Å². The Hall–Kier alpha value is -4.14. The monoisotopic (exact) mass is 850 g/mol. The van der Waals surface area contributed by atoms with Crippen molar-refractivity contribution in [1.29, 1.82) is 0 Å². The van der Waals surface area contributed by atoms with Crippen molar-refractivity contribution in [2.24, 2.45) is 17.8 Å². The number of alkyl carbamates (subject to hydrolysis) is 2. The molecule has 2 aromatic rings. The van der Waals surface area contributed by atoms with E-state index in [9.17, 15) is 44.2 Å². The topological polar surface area (TPSA) is 290 Å². The molecule has 6 atom stereocenters. The Bertz CT molecular complexity index is 1640. The van der Waals surface area contributed by atoms with E-state index in [1.165, 1.54) is 0 Å². The predicted octanol–water partition coefficient (Wildman–Crippen LogP) is -3.18. The van der Waals surface area contributed by atoms with Crippen molar-refractivity contribution in [2.75, 3.05) is 52.9 Å². The van der Waals surface area contributed by atoms with Gasteiger partial charge in [0.25, 0.3) is 0 Å². The third-order valence-electron chi connectivity index (χ3n) is 10.3. The number of esters is 1. The van der Waals surface area contributed by atoms with Gasteiger partial charge in [-0.3, -0.25) is 14.4 Å². The first-order valence-electron chi connectivity index (χ1n) is 19.5. The molecule has 2 amide bonds. The molecule has 0 aromatic heterocycles. The Morgan fingerprint density at radius 2 is 0.951 bits per heavy atom. The van der Waals surface area contributed by atoms with Crippen LogP contribution in [0.15, 0.2) is 60.7 Å². The molecule has 24 heteroatoms. The van der Waals surface area contributed by atoms with Crippen molar-refractivity contribution in [3.8, 4) is 0 Å². The number of carboxylic acid groups (broad SMARTS) is 2. The van der Waals surface area contributed by atoms with Crippen LogP contribution in [0.2, 0.25) is 20.5 Å². The average molecular weight is 850 g/mol. The number of ether oxygens (including phenoxy) is 3. The number of carbonyl (C=O) groups excluding carboxylic acids is 3. The number of hydrogen-bond acceptors (Lipinski definition) is 16. The van der Waals surface area contributed by atoms with Gasteiger partial charge in [-0.05, 0) is 45.6 Å². The van der Waals surface area contributed by atoms with Crippen LogP contribution in [0.1, 0.15) is 18.1 Å². The molecule has 0 radical (unpaired) electrons. The maximum absolute atomic E-state index is 12.1. The summed E-state index contributed by atoms with van der Waals surface area (Å²) in [5.41, 5.74) is 1.73. The molecule has 3 heterocycles. The van der Waals surface area contributed by atoms with Gasteiger partial charge in [0.05, 0.1) is 36.4 Å². The molecule has 3 saturated heterocycles. The Morgan fingerprint density at radius 3 is 1.28 bits per heavy atom. The molecule has 61 heavy (non-hydrogen) atoms. The van der Waals surface area contributed by atoms with E-state index < -0.39 is 75.1 Å². The van der Waals surface area contributed by atoms with Crippen molar-refractivity contribution >= 4 is 51.2 Å². The standard InChI is InChI=1S/C16H23BN2O5.C14H19BN2O5.C7H15BN2O3.Li.H2O/c1-3-23-15(20)13-9-19(17(2)22)10-14(13)18-16(21)24-11-12-7-5-4-6-8-12;1-15(21)17-7-11(13(18)19)12(8-17)16-14(20)22-9-10-5-3-2-4-6-10;1-8(13)10-3-5(7(11)12)6(4-10)9-2;;/h4-8,13-14,22H,3,9-11H2,1-2H3,(H,18,21);2-6,11-12,21H,7-9H2,1H3,(H,16,20)(H,18,19);5-6,9,13H,3-4H2,1-2H3,(H,11,12);;1H2/q;;;+1;/p-1/t13-,14-;11-,12-;5-,6-;;/m111../s1. The summed E-state index contributed by atoms with van der Waals surface area (Å²) >= 11 is 0. The fourth-order valence-electron chi connectivity index (χ4n) is 6.82. The second-order valence-electron chi connectivity index (χ2n) is 14.5. The molecule has 5 rings (SSSR count). The fraction of sp³-hybridized carbons (Fsp3) is 0.541. The maximum atomic E-state index is 12.1. The minimum Gasteiger partial charge on any atom is -0.870 e. The molecule has 0 aliphatic carbocycles. The van der Waals surface area contributed by atoms with Gasteiger partial charge in [-0.2, -0.15) is 0 Å². The SMILES string of the molecule is CB(O)N1C[C@@H](NC(=O)OCc2ccccc2)[C@H](C(=O)O)C1.CCOC(=O)[C@@H]1CN(B(C)O)C[C@H]1NC(=O)OCc1ccccc1.CN[C@@H]1CN(B(C)O)C[C@H]1C(=O)O.[Li+].[OH-]. The largest absolute Gasteiger partial charge is 1.00 e. The quantitative estimate of drug-likeness (QED) is 0.0528. The second-order valence-corrected chi connectivity index (χ2v) is 14.5. The van der Waals surface area contributed by atoms with E-state index in [2.05, 4.69) is 16.0 Å². The van der Waals surface area contributed by atoms with E-state index in [-0.39, 0.29) is 69.3 Å². The third-order valence-corrected chi connectivity index (χ3v) is 10.3. The number of nitrogens with zero attached hydrogens (tertiary/aromatic N) is 3. The number of carbonyl (C=O) groups is 5. The summed E-state index contributed by atoms with van der Waals surface area (Å²) in [7, 11) is -0.283. The van der Waals surface area contributed by atoms with E-state index in [4.69, 9.17) is 19.3 Å². The molecule has 3 aliphatic heterocycles. The minimum atomic E-state index is -1.00. The number of benzene rings is 2. The van der Waals surface area contributed by atoms with Crippen LogP contribution in [0.4, 0.5) is 9.59 Å². The summed E-state index contributed by atoms with van der Waals surface area (Å²) in [4.78, 5) is 63.0. The van der Waals surface area contributed by atoms with E-state index in [1.54, 1.807) is 48.9 Å². The van der Waals surface area contributed by atoms with Crippen molar-refractivity contribution < 1.29 is 87.8 Å². The van der Waals surface area contributed by atoms with E-state index in [0.29, 0.717) is 26.2 Å². The van der Waals surface area contributed by atoms with Gasteiger partial charge in [0.1, 0.15) is 13.2 Å². The molecule has 0 saturated carbocycles. The zero-order valence-corrected chi connectivity index (χ0v) is 35.6. The number of aliphatic carboxylic acids is 2. The van der Waals surface area contributed by atoms with Crippen molar-refractivity contribution in [1.82, 2.24) is 30.4 Å². The smallest absolute Gasteiger partial charge is 0.870 e. The van der Waals surface area contributed by atoms with Crippen LogP contribution in [0, 0.1) is 17.8 Å². The Morgan fingerprint density at radius 1 is 0.607 bits per heavy atom. The molecule has 9 N–H and O–H groups in total. The number of carboxylic acids is 2. The van der Waals surface area contributed by atoms with Crippen LogP contribution in [-0.2, 0) is 41.8 Å². The van der Waals surface area contributed by atoms with Gasteiger partial charge in [0.2, 0.25) is 0 Å². The van der Waals surface area contributed by atoms with Gasteiger partial charge >= 0.3 is 70.1 Å².